The lowest BCUT2D eigenvalue weighted by atomic mass is 10.0. The monoisotopic (exact) mass is 144 g/mol. The van der Waals surface area contributed by atoms with Crippen LogP contribution in [0, 0.1) is 5.92 Å². The lowest BCUT2D eigenvalue weighted by Gasteiger charge is -2.06. The molecule has 2 heteroatoms. The molecule has 0 aromatic carbocycles. The largest absolute Gasteiger partial charge is 0.481 e. The Bertz CT molecular complexity index is 99.4. The van der Waals surface area contributed by atoms with E-state index in [0.29, 0.717) is 12.3 Å². The van der Waals surface area contributed by atoms with Crippen LogP contribution in [0.25, 0.3) is 0 Å². The number of carbonyl (C=O) groups is 1. The molecule has 0 aliphatic carbocycles. The highest BCUT2D eigenvalue weighted by atomic mass is 16.4. The van der Waals surface area contributed by atoms with Crippen LogP contribution in [0.1, 0.15) is 39.5 Å². The number of hydrogen-bond acceptors (Lipinski definition) is 1. The molecule has 1 N–H and O–H groups in total. The van der Waals surface area contributed by atoms with Gasteiger partial charge in [0.25, 0.3) is 0 Å². The van der Waals surface area contributed by atoms with Crippen LogP contribution in [0.5, 0.6) is 0 Å². The molecule has 0 saturated heterocycles. The van der Waals surface area contributed by atoms with Crippen molar-refractivity contribution in [1.29, 1.82) is 0 Å². The van der Waals surface area contributed by atoms with E-state index in [1.165, 1.54) is 0 Å². The third-order valence-corrected chi connectivity index (χ3v) is 1.63. The van der Waals surface area contributed by atoms with E-state index in [2.05, 4.69) is 13.8 Å². The molecular formula is C8H16O2. The second-order valence-corrected chi connectivity index (χ2v) is 2.83. The van der Waals surface area contributed by atoms with Crippen LogP contribution in [0.3, 0.4) is 0 Å². The second kappa shape index (κ2) is 5.27. The smallest absolute Gasteiger partial charge is 0.303 e. The minimum Gasteiger partial charge on any atom is -0.481 e. The third kappa shape index (κ3) is 5.60. The molecular weight excluding hydrogens is 128 g/mol. The zero-order valence-corrected chi connectivity index (χ0v) is 6.76. The van der Waals surface area contributed by atoms with Gasteiger partial charge in [0.05, 0.1) is 0 Å². The van der Waals surface area contributed by atoms with Crippen LogP contribution in [-0.4, -0.2) is 11.1 Å². The van der Waals surface area contributed by atoms with E-state index in [9.17, 15) is 4.79 Å². The Morgan fingerprint density at radius 2 is 2.10 bits per heavy atom. The fourth-order valence-corrected chi connectivity index (χ4v) is 1.01. The Kier molecular flexibility index (Phi) is 4.99. The Hall–Kier alpha value is -0.530. The predicted molar refractivity (Wildman–Crippen MR) is 40.9 cm³/mol. The fraction of sp³-hybridized carbons (Fsp3) is 0.875. The van der Waals surface area contributed by atoms with Crippen LogP contribution in [0.2, 0.25) is 0 Å². The van der Waals surface area contributed by atoms with Gasteiger partial charge >= 0.3 is 5.97 Å². The first-order chi connectivity index (χ1) is 4.66. The van der Waals surface area contributed by atoms with Gasteiger partial charge in [0.1, 0.15) is 0 Å². The molecule has 0 aliphatic heterocycles. The lowest BCUT2D eigenvalue weighted by Crippen LogP contribution is -2.00. The van der Waals surface area contributed by atoms with Crippen molar-refractivity contribution in [2.75, 3.05) is 0 Å². The normalized spacial score (nSPS) is 13.0. The molecule has 0 rings (SSSR count). The first-order valence-corrected chi connectivity index (χ1v) is 3.88. The summed E-state index contributed by atoms with van der Waals surface area (Å²) in [5.41, 5.74) is 0. The molecule has 0 heterocycles. The van der Waals surface area contributed by atoms with Gasteiger partial charge in [-0.05, 0) is 12.3 Å². The molecule has 0 unspecified atom stereocenters. The van der Waals surface area contributed by atoms with Gasteiger partial charge in [0.2, 0.25) is 0 Å². The average molecular weight is 144 g/mol. The van der Waals surface area contributed by atoms with Crippen molar-refractivity contribution >= 4 is 5.97 Å². The van der Waals surface area contributed by atoms with Crippen molar-refractivity contribution in [3.05, 3.63) is 0 Å². The van der Waals surface area contributed by atoms with Gasteiger partial charge in [0, 0.05) is 6.42 Å². The molecule has 10 heavy (non-hydrogen) atoms. The Morgan fingerprint density at radius 1 is 1.50 bits per heavy atom. The van der Waals surface area contributed by atoms with Crippen LogP contribution in [-0.2, 0) is 4.79 Å². The maximum absolute atomic E-state index is 10.1. The SMILES string of the molecule is CCC[C@@H](C)CCC(=O)O. The van der Waals surface area contributed by atoms with E-state index in [1.54, 1.807) is 0 Å². The highest BCUT2D eigenvalue weighted by molar-refractivity contribution is 5.66. The molecule has 0 radical (unpaired) electrons. The van der Waals surface area contributed by atoms with Gasteiger partial charge in [0.15, 0.2) is 0 Å². The van der Waals surface area contributed by atoms with E-state index in [0.717, 1.165) is 19.3 Å². The summed E-state index contributed by atoms with van der Waals surface area (Å²) in [4.78, 5) is 10.1. The van der Waals surface area contributed by atoms with Gasteiger partial charge in [-0.1, -0.05) is 26.7 Å². The lowest BCUT2D eigenvalue weighted by molar-refractivity contribution is -0.137. The Balaban J connectivity index is 3.21. The summed E-state index contributed by atoms with van der Waals surface area (Å²) in [6.07, 6.45) is 3.44. The van der Waals surface area contributed by atoms with Gasteiger partial charge in [-0.25, -0.2) is 0 Å². The quantitative estimate of drug-likeness (QED) is 0.642. The minimum atomic E-state index is -0.678. The number of aliphatic carboxylic acids is 1. The third-order valence-electron chi connectivity index (χ3n) is 1.63. The van der Waals surface area contributed by atoms with Crippen molar-refractivity contribution < 1.29 is 9.90 Å². The molecule has 0 aromatic heterocycles. The number of rotatable bonds is 5. The maximum atomic E-state index is 10.1. The summed E-state index contributed by atoms with van der Waals surface area (Å²) in [5.74, 6) is -0.107. The predicted octanol–water partition coefficient (Wildman–Crippen LogP) is 2.29. The van der Waals surface area contributed by atoms with E-state index in [4.69, 9.17) is 5.11 Å². The van der Waals surface area contributed by atoms with E-state index in [1.807, 2.05) is 0 Å². The van der Waals surface area contributed by atoms with Crippen molar-refractivity contribution in [1.82, 2.24) is 0 Å². The molecule has 0 aromatic rings. The van der Waals surface area contributed by atoms with Crippen molar-refractivity contribution in [3.63, 3.8) is 0 Å². The second-order valence-electron chi connectivity index (χ2n) is 2.83. The van der Waals surface area contributed by atoms with Gasteiger partial charge < -0.3 is 5.11 Å². The first kappa shape index (κ1) is 9.47. The average Bonchev–Trinajstić information content (AvgIpc) is 1.85. The summed E-state index contributed by atoms with van der Waals surface area (Å²) in [6, 6.07) is 0. The molecule has 0 bridgehead atoms. The summed E-state index contributed by atoms with van der Waals surface area (Å²) < 4.78 is 0. The van der Waals surface area contributed by atoms with Gasteiger partial charge in [-0.15, -0.1) is 0 Å². The zero-order chi connectivity index (χ0) is 7.98. The highest BCUT2D eigenvalue weighted by Gasteiger charge is 2.03. The fourth-order valence-electron chi connectivity index (χ4n) is 1.01. The van der Waals surface area contributed by atoms with Gasteiger partial charge in [-0.3, -0.25) is 4.79 Å². The minimum absolute atomic E-state index is 0.321. The molecule has 2 nitrogen and oxygen atoms in total. The summed E-state index contributed by atoms with van der Waals surface area (Å²) >= 11 is 0. The van der Waals surface area contributed by atoms with E-state index < -0.39 is 5.97 Å². The first-order valence-electron chi connectivity index (χ1n) is 3.88. The van der Waals surface area contributed by atoms with Crippen LogP contribution >= 0.6 is 0 Å². The zero-order valence-electron chi connectivity index (χ0n) is 6.76. The Labute approximate surface area is 62.2 Å². The molecule has 1 atom stereocenters. The topological polar surface area (TPSA) is 37.3 Å². The molecule has 0 spiro atoms. The molecule has 0 fully saturated rings. The Morgan fingerprint density at radius 3 is 2.50 bits per heavy atom. The summed E-state index contributed by atoms with van der Waals surface area (Å²) in [7, 11) is 0. The van der Waals surface area contributed by atoms with Crippen LogP contribution in [0.4, 0.5) is 0 Å². The highest BCUT2D eigenvalue weighted by Crippen LogP contribution is 2.11. The molecule has 0 amide bonds. The molecule has 60 valence electrons. The van der Waals surface area contributed by atoms with Crippen molar-refractivity contribution in [3.8, 4) is 0 Å². The van der Waals surface area contributed by atoms with Crippen molar-refractivity contribution in [2.45, 2.75) is 39.5 Å². The van der Waals surface area contributed by atoms with Crippen molar-refractivity contribution in [2.24, 2.45) is 5.92 Å². The summed E-state index contributed by atoms with van der Waals surface area (Å²) in [5, 5.41) is 8.33. The molecule has 0 aliphatic rings. The standard InChI is InChI=1S/C8H16O2/c1-3-4-7(2)5-6-8(9)10/h7H,3-6H2,1-2H3,(H,9,10)/t7-/m1/s1. The van der Waals surface area contributed by atoms with E-state index in [-0.39, 0.29) is 0 Å². The number of carboxylic acid groups (broad SMARTS) is 1. The van der Waals surface area contributed by atoms with Crippen LogP contribution < -0.4 is 0 Å². The summed E-state index contributed by atoms with van der Waals surface area (Å²) in [6.45, 7) is 4.23. The molecule has 0 saturated carbocycles. The number of carboxylic acids is 1. The maximum Gasteiger partial charge on any atom is 0.303 e. The van der Waals surface area contributed by atoms with E-state index >= 15 is 0 Å². The van der Waals surface area contributed by atoms with Gasteiger partial charge in [-0.2, -0.15) is 0 Å². The van der Waals surface area contributed by atoms with Crippen LogP contribution in [0.15, 0.2) is 0 Å². The number of hydrogen-bond donors (Lipinski definition) is 1.